The maximum atomic E-state index is 12.3. The van der Waals surface area contributed by atoms with Gasteiger partial charge in [0.1, 0.15) is 17.5 Å². The van der Waals surface area contributed by atoms with E-state index in [-0.39, 0.29) is 27.2 Å². The number of sulfone groups is 1. The predicted octanol–water partition coefficient (Wildman–Crippen LogP) is 4.31. The Bertz CT molecular complexity index is 1180. The van der Waals surface area contributed by atoms with Gasteiger partial charge in [0.2, 0.25) is 0 Å². The Balaban J connectivity index is 1.82. The summed E-state index contributed by atoms with van der Waals surface area (Å²) in [5.74, 6) is -0.0490. The van der Waals surface area contributed by atoms with Gasteiger partial charge in [-0.25, -0.2) is 18.2 Å². The Kier molecular flexibility index (Phi) is 5.79. The van der Waals surface area contributed by atoms with Crippen LogP contribution in [0.3, 0.4) is 0 Å². The second-order valence-electron chi connectivity index (χ2n) is 5.99. The molecule has 3 aromatic rings. The number of benzene rings is 2. The van der Waals surface area contributed by atoms with Gasteiger partial charge < -0.3 is 9.47 Å². The Morgan fingerprint density at radius 3 is 2.54 bits per heavy atom. The lowest BCUT2D eigenvalue weighted by molar-refractivity contribution is 0.0472. The Morgan fingerprint density at radius 1 is 1.11 bits per heavy atom. The molecule has 2 aromatic carbocycles. The number of carbonyl (C=O) groups excluding carboxylic acids is 1. The zero-order valence-corrected chi connectivity index (χ0v) is 17.2. The summed E-state index contributed by atoms with van der Waals surface area (Å²) in [5, 5.41) is 1.04. The molecule has 28 heavy (non-hydrogen) atoms. The Labute approximate surface area is 171 Å². The fourth-order valence-corrected chi connectivity index (χ4v) is 4.04. The molecule has 0 aliphatic carbocycles. The van der Waals surface area contributed by atoms with Crippen LogP contribution < -0.4 is 4.74 Å². The molecule has 9 heteroatoms. The topological polar surface area (TPSA) is 82.6 Å². The van der Waals surface area contributed by atoms with Crippen LogP contribution in [-0.2, 0) is 21.2 Å². The van der Waals surface area contributed by atoms with Gasteiger partial charge in [-0.05, 0) is 36.4 Å². The second kappa shape index (κ2) is 7.95. The number of hydrogen-bond acceptors (Lipinski definition) is 6. The van der Waals surface area contributed by atoms with Crippen molar-refractivity contribution in [1.29, 1.82) is 0 Å². The van der Waals surface area contributed by atoms with Crippen LogP contribution in [0.4, 0.5) is 0 Å². The van der Waals surface area contributed by atoms with E-state index < -0.39 is 15.8 Å². The molecule has 0 atom stereocenters. The highest BCUT2D eigenvalue weighted by atomic mass is 35.5. The molecule has 0 radical (unpaired) electrons. The van der Waals surface area contributed by atoms with E-state index >= 15 is 0 Å². The van der Waals surface area contributed by atoms with Gasteiger partial charge in [0.25, 0.3) is 0 Å². The average molecular weight is 440 g/mol. The number of carbonyl (C=O) groups is 1. The van der Waals surface area contributed by atoms with E-state index in [2.05, 4.69) is 4.98 Å². The molecular formula is C19H15Cl2NO5S. The van der Waals surface area contributed by atoms with E-state index in [1.807, 2.05) is 6.07 Å². The first-order valence-corrected chi connectivity index (χ1v) is 10.6. The summed E-state index contributed by atoms with van der Waals surface area (Å²) in [5.41, 5.74) is 1.24. The van der Waals surface area contributed by atoms with Crippen LogP contribution >= 0.6 is 23.2 Å². The first kappa shape index (κ1) is 20.4. The first-order chi connectivity index (χ1) is 13.2. The third-order valence-electron chi connectivity index (χ3n) is 3.98. The molecule has 0 N–H and O–H groups in total. The minimum absolute atomic E-state index is 0.0382. The Hall–Kier alpha value is -2.35. The van der Waals surface area contributed by atoms with Crippen molar-refractivity contribution in [2.45, 2.75) is 11.5 Å². The van der Waals surface area contributed by atoms with Crippen molar-refractivity contribution in [3.05, 3.63) is 63.8 Å². The van der Waals surface area contributed by atoms with Crippen LogP contribution in [0.25, 0.3) is 10.9 Å². The van der Waals surface area contributed by atoms with E-state index in [0.717, 1.165) is 11.6 Å². The standard InChI is InChI=1S/C19H15Cl2NO5S/c1-26-14-5-3-11-7-13(18(21)22-16(11)9-14)10-27-19(23)12-4-6-15(20)17(8-12)28(2,24)25/h3-9H,10H2,1-2H3. The lowest BCUT2D eigenvalue weighted by Gasteiger charge is -2.10. The van der Waals surface area contributed by atoms with E-state index in [1.54, 1.807) is 25.3 Å². The molecule has 0 fully saturated rings. The zero-order chi connectivity index (χ0) is 20.5. The van der Waals surface area contributed by atoms with E-state index in [9.17, 15) is 13.2 Å². The molecule has 0 amide bonds. The largest absolute Gasteiger partial charge is 0.497 e. The lowest BCUT2D eigenvalue weighted by atomic mass is 10.1. The normalized spacial score (nSPS) is 11.4. The number of nitrogens with zero attached hydrogens (tertiary/aromatic N) is 1. The van der Waals surface area contributed by atoms with Crippen molar-refractivity contribution in [3.63, 3.8) is 0 Å². The average Bonchev–Trinajstić information content (AvgIpc) is 2.65. The summed E-state index contributed by atoms with van der Waals surface area (Å²) >= 11 is 12.1. The minimum Gasteiger partial charge on any atom is -0.497 e. The number of esters is 1. The van der Waals surface area contributed by atoms with Crippen LogP contribution in [0.1, 0.15) is 15.9 Å². The molecule has 6 nitrogen and oxygen atoms in total. The van der Waals surface area contributed by atoms with Crippen LogP contribution in [0.15, 0.2) is 47.4 Å². The van der Waals surface area contributed by atoms with E-state index in [1.165, 1.54) is 18.2 Å². The van der Waals surface area contributed by atoms with Crippen LogP contribution in [0, 0.1) is 0 Å². The number of halogens is 2. The molecule has 0 saturated carbocycles. The fourth-order valence-electron chi connectivity index (χ4n) is 2.54. The summed E-state index contributed by atoms with van der Waals surface area (Å²) < 4.78 is 33.9. The van der Waals surface area contributed by atoms with Gasteiger partial charge in [0, 0.05) is 23.3 Å². The number of methoxy groups -OCH3 is 1. The van der Waals surface area contributed by atoms with Crippen molar-refractivity contribution >= 4 is 49.9 Å². The monoisotopic (exact) mass is 439 g/mol. The van der Waals surface area contributed by atoms with Crippen molar-refractivity contribution in [1.82, 2.24) is 4.98 Å². The van der Waals surface area contributed by atoms with Crippen molar-refractivity contribution < 1.29 is 22.7 Å². The highest BCUT2D eigenvalue weighted by Gasteiger charge is 2.17. The Morgan fingerprint density at radius 2 is 1.86 bits per heavy atom. The number of ether oxygens (including phenoxy) is 2. The summed E-state index contributed by atoms with van der Waals surface area (Å²) in [6, 6.07) is 11.0. The number of aromatic nitrogens is 1. The molecule has 0 bridgehead atoms. The van der Waals surface area contributed by atoms with Crippen LogP contribution in [0.5, 0.6) is 5.75 Å². The number of rotatable bonds is 5. The van der Waals surface area contributed by atoms with Gasteiger partial charge in [0.05, 0.1) is 28.1 Å². The number of pyridine rings is 1. The van der Waals surface area contributed by atoms with Gasteiger partial charge in [-0.1, -0.05) is 23.2 Å². The molecule has 0 spiro atoms. The molecule has 1 aromatic heterocycles. The lowest BCUT2D eigenvalue weighted by Crippen LogP contribution is -2.08. The molecule has 0 aliphatic heterocycles. The van der Waals surface area contributed by atoms with Gasteiger partial charge in [-0.15, -0.1) is 0 Å². The second-order valence-corrected chi connectivity index (χ2v) is 8.74. The summed E-state index contributed by atoms with van der Waals surface area (Å²) in [4.78, 5) is 16.5. The van der Waals surface area contributed by atoms with Crippen molar-refractivity contribution in [2.75, 3.05) is 13.4 Å². The van der Waals surface area contributed by atoms with Crippen molar-refractivity contribution in [3.8, 4) is 5.75 Å². The van der Waals surface area contributed by atoms with Crippen molar-refractivity contribution in [2.24, 2.45) is 0 Å². The highest BCUT2D eigenvalue weighted by Crippen LogP contribution is 2.26. The molecular weight excluding hydrogens is 425 g/mol. The maximum Gasteiger partial charge on any atom is 0.338 e. The molecule has 3 rings (SSSR count). The maximum absolute atomic E-state index is 12.3. The first-order valence-electron chi connectivity index (χ1n) is 7.99. The summed E-state index contributed by atoms with van der Waals surface area (Å²) in [6.07, 6.45) is 1.01. The summed E-state index contributed by atoms with van der Waals surface area (Å²) in [7, 11) is -2.02. The molecule has 0 saturated heterocycles. The third kappa shape index (κ3) is 4.38. The summed E-state index contributed by atoms with van der Waals surface area (Å²) in [6.45, 7) is -0.122. The molecule has 1 heterocycles. The molecule has 0 aliphatic rings. The predicted molar refractivity (Wildman–Crippen MR) is 107 cm³/mol. The van der Waals surface area contributed by atoms with Crippen LogP contribution in [0.2, 0.25) is 10.2 Å². The van der Waals surface area contributed by atoms with Gasteiger partial charge in [-0.3, -0.25) is 0 Å². The van der Waals surface area contributed by atoms with E-state index in [0.29, 0.717) is 16.8 Å². The highest BCUT2D eigenvalue weighted by molar-refractivity contribution is 7.90. The zero-order valence-electron chi connectivity index (χ0n) is 14.9. The van der Waals surface area contributed by atoms with Gasteiger partial charge >= 0.3 is 5.97 Å². The van der Waals surface area contributed by atoms with E-state index in [4.69, 9.17) is 32.7 Å². The third-order valence-corrected chi connectivity index (χ3v) is 5.88. The quantitative estimate of drug-likeness (QED) is 0.434. The fraction of sp³-hybridized carbons (Fsp3) is 0.158. The molecule has 146 valence electrons. The smallest absolute Gasteiger partial charge is 0.338 e. The minimum atomic E-state index is -3.57. The molecule has 0 unspecified atom stereocenters. The number of hydrogen-bond donors (Lipinski definition) is 0. The van der Waals surface area contributed by atoms with Crippen LogP contribution in [-0.4, -0.2) is 32.7 Å². The van der Waals surface area contributed by atoms with Gasteiger partial charge in [0.15, 0.2) is 9.84 Å². The van der Waals surface area contributed by atoms with Gasteiger partial charge in [-0.2, -0.15) is 0 Å². The SMILES string of the molecule is COc1ccc2cc(COC(=O)c3ccc(Cl)c(S(C)(=O)=O)c3)c(Cl)nc2c1. The number of fused-ring (bicyclic) bond motifs is 1.